The molecule has 0 saturated heterocycles. The summed E-state index contributed by atoms with van der Waals surface area (Å²) in [5.41, 5.74) is 3.38. The monoisotopic (exact) mass is 447 g/mol. The molecular formula is C24H25N5O2S. The fourth-order valence-electron chi connectivity index (χ4n) is 3.53. The number of benzene rings is 1. The number of hydrogen-bond acceptors (Lipinski definition) is 5. The van der Waals surface area contributed by atoms with Gasteiger partial charge in [-0.15, -0.1) is 11.3 Å². The fraction of sp³-hybridized carbons (Fsp3) is 0.250. The van der Waals surface area contributed by atoms with Crippen LogP contribution >= 0.6 is 11.3 Å². The molecule has 3 aromatic heterocycles. The first kappa shape index (κ1) is 21.7. The fourth-order valence-corrected chi connectivity index (χ4v) is 4.35. The van der Waals surface area contributed by atoms with Gasteiger partial charge in [0.05, 0.1) is 27.7 Å². The molecule has 32 heavy (non-hydrogen) atoms. The Kier molecular flexibility index (Phi) is 6.05. The third kappa shape index (κ3) is 4.27. The molecule has 4 aromatic rings. The number of rotatable bonds is 6. The predicted molar refractivity (Wildman–Crippen MR) is 127 cm³/mol. The Morgan fingerprint density at radius 3 is 2.62 bits per heavy atom. The van der Waals surface area contributed by atoms with Crippen LogP contribution in [0.3, 0.4) is 0 Å². The Labute approximate surface area is 190 Å². The molecule has 0 saturated carbocycles. The molecule has 7 nitrogen and oxygen atoms in total. The molecule has 4 rings (SSSR count). The van der Waals surface area contributed by atoms with E-state index in [0.29, 0.717) is 28.7 Å². The first-order chi connectivity index (χ1) is 15.4. The summed E-state index contributed by atoms with van der Waals surface area (Å²) in [5, 5.41) is 10.8. The van der Waals surface area contributed by atoms with Gasteiger partial charge in [0.15, 0.2) is 5.65 Å². The van der Waals surface area contributed by atoms with Gasteiger partial charge in [-0.1, -0.05) is 12.1 Å². The number of thiophene rings is 1. The van der Waals surface area contributed by atoms with Crippen molar-refractivity contribution < 1.29 is 9.59 Å². The third-order valence-corrected chi connectivity index (χ3v) is 6.19. The summed E-state index contributed by atoms with van der Waals surface area (Å²) < 4.78 is 1.84. The van der Waals surface area contributed by atoms with Crippen molar-refractivity contribution in [1.29, 1.82) is 0 Å². The molecule has 0 aliphatic rings. The average molecular weight is 448 g/mol. The van der Waals surface area contributed by atoms with Crippen molar-refractivity contribution in [3.8, 4) is 10.6 Å². The van der Waals surface area contributed by atoms with Crippen molar-refractivity contribution in [3.63, 3.8) is 0 Å². The molecular weight excluding hydrogens is 422 g/mol. The lowest BCUT2D eigenvalue weighted by atomic mass is 10.1. The number of pyridine rings is 1. The zero-order valence-electron chi connectivity index (χ0n) is 18.5. The molecule has 0 unspecified atom stereocenters. The van der Waals surface area contributed by atoms with Crippen LogP contribution in [0.25, 0.3) is 21.6 Å². The number of nitrogens with zero attached hydrogens (tertiary/aromatic N) is 3. The quantitative estimate of drug-likeness (QED) is 0.460. The van der Waals surface area contributed by atoms with E-state index < -0.39 is 0 Å². The molecule has 0 bridgehead atoms. The minimum Gasteiger partial charge on any atom is -0.355 e. The summed E-state index contributed by atoms with van der Waals surface area (Å²) >= 11 is 1.64. The summed E-state index contributed by atoms with van der Waals surface area (Å²) in [4.78, 5) is 32.1. The van der Waals surface area contributed by atoms with Crippen LogP contribution in [0.4, 0.5) is 0 Å². The predicted octanol–water partition coefficient (Wildman–Crippen LogP) is 4.34. The van der Waals surface area contributed by atoms with Gasteiger partial charge in [0.2, 0.25) is 0 Å². The second-order valence-corrected chi connectivity index (χ2v) is 9.14. The molecule has 164 valence electrons. The number of carbonyl (C=O) groups excluding carboxylic acids is 2. The van der Waals surface area contributed by atoms with Gasteiger partial charge in [0, 0.05) is 30.1 Å². The highest BCUT2D eigenvalue weighted by molar-refractivity contribution is 7.15. The summed E-state index contributed by atoms with van der Waals surface area (Å²) in [5.74, 6) is -0.369. The van der Waals surface area contributed by atoms with Crippen molar-refractivity contribution in [3.05, 3.63) is 70.2 Å². The summed E-state index contributed by atoms with van der Waals surface area (Å²) in [6.07, 6.45) is 1.70. The first-order valence-corrected chi connectivity index (χ1v) is 11.2. The van der Waals surface area contributed by atoms with Crippen LogP contribution in [0.5, 0.6) is 0 Å². The number of hydrogen-bond donors (Lipinski definition) is 2. The van der Waals surface area contributed by atoms with Crippen LogP contribution in [0.1, 0.15) is 51.0 Å². The molecule has 1 aromatic carbocycles. The normalized spacial score (nSPS) is 11.2. The minimum atomic E-state index is -0.208. The molecule has 0 atom stereocenters. The Morgan fingerprint density at radius 2 is 1.94 bits per heavy atom. The van der Waals surface area contributed by atoms with Gasteiger partial charge in [-0.25, -0.2) is 9.67 Å². The molecule has 8 heteroatoms. The van der Waals surface area contributed by atoms with Crippen LogP contribution in [0.15, 0.2) is 48.7 Å². The van der Waals surface area contributed by atoms with Crippen molar-refractivity contribution in [2.45, 2.75) is 33.4 Å². The third-order valence-electron chi connectivity index (χ3n) is 5.16. The number of nitrogens with one attached hydrogen (secondary N) is 2. The zero-order chi connectivity index (χ0) is 22.8. The van der Waals surface area contributed by atoms with Crippen LogP contribution in [0.2, 0.25) is 0 Å². The molecule has 2 N–H and O–H groups in total. The van der Waals surface area contributed by atoms with Crippen LogP contribution in [-0.2, 0) is 6.54 Å². The van der Waals surface area contributed by atoms with Crippen molar-refractivity contribution in [1.82, 2.24) is 25.4 Å². The van der Waals surface area contributed by atoms with E-state index in [1.165, 1.54) is 4.88 Å². The van der Waals surface area contributed by atoms with E-state index in [1.54, 1.807) is 42.8 Å². The van der Waals surface area contributed by atoms with Crippen LogP contribution in [0, 0.1) is 6.92 Å². The van der Waals surface area contributed by atoms with Crippen LogP contribution < -0.4 is 10.6 Å². The lowest BCUT2D eigenvalue weighted by molar-refractivity contribution is 0.0950. The highest BCUT2D eigenvalue weighted by atomic mass is 32.1. The molecule has 0 aliphatic carbocycles. The SMILES string of the molecule is CNC(=O)c1cccc(CNC(=O)c2cc(-c3ccc(C)s3)nc3c2cnn3C(C)C)c1. The van der Waals surface area contributed by atoms with Gasteiger partial charge in [-0.3, -0.25) is 9.59 Å². The smallest absolute Gasteiger partial charge is 0.252 e. The maximum absolute atomic E-state index is 13.2. The molecule has 0 radical (unpaired) electrons. The van der Waals surface area contributed by atoms with Crippen molar-refractivity contribution in [2.24, 2.45) is 0 Å². The van der Waals surface area contributed by atoms with E-state index in [2.05, 4.69) is 15.7 Å². The van der Waals surface area contributed by atoms with Gasteiger partial charge >= 0.3 is 0 Å². The van der Waals surface area contributed by atoms with E-state index >= 15 is 0 Å². The molecule has 2 amide bonds. The number of carbonyl (C=O) groups is 2. The molecule has 3 heterocycles. The second kappa shape index (κ2) is 8.92. The van der Waals surface area contributed by atoms with E-state index in [9.17, 15) is 9.59 Å². The van der Waals surface area contributed by atoms with Gasteiger partial charge in [-0.05, 0) is 56.7 Å². The van der Waals surface area contributed by atoms with E-state index in [4.69, 9.17) is 4.98 Å². The first-order valence-electron chi connectivity index (χ1n) is 10.4. The topological polar surface area (TPSA) is 88.9 Å². The number of aromatic nitrogens is 3. The Morgan fingerprint density at radius 1 is 1.12 bits per heavy atom. The molecule has 0 aliphatic heterocycles. The zero-order valence-corrected chi connectivity index (χ0v) is 19.3. The lowest BCUT2D eigenvalue weighted by Gasteiger charge is -2.11. The summed E-state index contributed by atoms with van der Waals surface area (Å²) in [6.45, 7) is 6.43. The van der Waals surface area contributed by atoms with Crippen molar-refractivity contribution in [2.75, 3.05) is 7.05 Å². The Bertz CT molecular complexity index is 1300. The highest BCUT2D eigenvalue weighted by Crippen LogP contribution is 2.30. The lowest BCUT2D eigenvalue weighted by Crippen LogP contribution is -2.24. The van der Waals surface area contributed by atoms with Gasteiger partial charge < -0.3 is 10.6 Å². The van der Waals surface area contributed by atoms with Crippen LogP contribution in [-0.4, -0.2) is 33.6 Å². The van der Waals surface area contributed by atoms with Crippen molar-refractivity contribution >= 4 is 34.2 Å². The minimum absolute atomic E-state index is 0.115. The van der Waals surface area contributed by atoms with Gasteiger partial charge in [0.1, 0.15) is 0 Å². The Balaban J connectivity index is 1.68. The number of fused-ring (bicyclic) bond motifs is 1. The van der Waals surface area contributed by atoms with Gasteiger partial charge in [-0.2, -0.15) is 5.10 Å². The molecule has 0 spiro atoms. The highest BCUT2D eigenvalue weighted by Gasteiger charge is 2.19. The van der Waals surface area contributed by atoms with E-state index in [1.807, 2.05) is 49.7 Å². The van der Waals surface area contributed by atoms with E-state index in [-0.39, 0.29) is 17.9 Å². The molecule has 0 fully saturated rings. The van der Waals surface area contributed by atoms with Gasteiger partial charge in [0.25, 0.3) is 11.8 Å². The maximum Gasteiger partial charge on any atom is 0.252 e. The standard InChI is InChI=1S/C24H25N5O2S/c1-14(2)29-22-19(13-27-29)18(11-20(28-22)21-9-8-15(3)32-21)24(31)26-12-16-6-5-7-17(10-16)23(30)25-4/h5-11,13-14H,12H2,1-4H3,(H,25,30)(H,26,31). The van der Waals surface area contributed by atoms with E-state index in [0.717, 1.165) is 16.1 Å². The summed E-state index contributed by atoms with van der Waals surface area (Å²) in [6, 6.07) is 13.2. The maximum atomic E-state index is 13.2. The Hall–Kier alpha value is -3.52. The number of aryl methyl sites for hydroxylation is 1. The largest absolute Gasteiger partial charge is 0.355 e. The number of amides is 2. The second-order valence-electron chi connectivity index (χ2n) is 7.85. The average Bonchev–Trinajstić information content (AvgIpc) is 3.42. The summed E-state index contributed by atoms with van der Waals surface area (Å²) in [7, 11) is 1.59.